The Hall–Kier alpha value is -3.22. The number of amides is 1. The highest BCUT2D eigenvalue weighted by Gasteiger charge is 2.26. The third-order valence-corrected chi connectivity index (χ3v) is 4.36. The summed E-state index contributed by atoms with van der Waals surface area (Å²) >= 11 is 0. The van der Waals surface area contributed by atoms with E-state index in [0.717, 1.165) is 30.8 Å². The molecule has 1 atom stereocenters. The molecule has 7 nitrogen and oxygen atoms in total. The van der Waals surface area contributed by atoms with Crippen LogP contribution >= 0.6 is 0 Å². The standard InChI is InChI=1S/C19H19N5O2/c25-18(17-7-4-12-26-17)24-11-3-5-14(13-24)22-19-21-10-8-16(23-19)15-6-1-2-9-20-15/h1-2,4,6-10,12,14H,3,5,11,13H2,(H,21,22,23)/t14-/m0/s1. The Labute approximate surface area is 151 Å². The van der Waals surface area contributed by atoms with E-state index in [2.05, 4.69) is 20.3 Å². The Morgan fingerprint density at radius 1 is 1.12 bits per heavy atom. The number of likely N-dealkylation sites (tertiary alicyclic amines) is 1. The Balaban J connectivity index is 1.45. The van der Waals surface area contributed by atoms with Gasteiger partial charge in [0.05, 0.1) is 17.7 Å². The van der Waals surface area contributed by atoms with Crippen molar-refractivity contribution in [2.24, 2.45) is 0 Å². The quantitative estimate of drug-likeness (QED) is 0.780. The minimum atomic E-state index is -0.0790. The minimum Gasteiger partial charge on any atom is -0.459 e. The van der Waals surface area contributed by atoms with Crippen LogP contribution in [0.1, 0.15) is 23.4 Å². The molecule has 0 aliphatic carbocycles. The molecule has 0 unspecified atom stereocenters. The largest absolute Gasteiger partial charge is 0.459 e. The van der Waals surface area contributed by atoms with Gasteiger partial charge in [-0.15, -0.1) is 0 Å². The summed E-state index contributed by atoms with van der Waals surface area (Å²) in [6.45, 7) is 1.32. The van der Waals surface area contributed by atoms with Crippen LogP contribution in [0.15, 0.2) is 59.5 Å². The molecule has 4 rings (SSSR count). The molecule has 0 bridgehead atoms. The lowest BCUT2D eigenvalue weighted by Crippen LogP contribution is -2.45. The van der Waals surface area contributed by atoms with Crippen molar-refractivity contribution in [3.8, 4) is 11.4 Å². The number of nitrogens with one attached hydrogen (secondary N) is 1. The molecule has 4 heterocycles. The van der Waals surface area contributed by atoms with E-state index in [9.17, 15) is 4.79 Å². The summed E-state index contributed by atoms with van der Waals surface area (Å²) in [7, 11) is 0. The van der Waals surface area contributed by atoms with Crippen LogP contribution in [-0.2, 0) is 0 Å². The van der Waals surface area contributed by atoms with Gasteiger partial charge in [-0.2, -0.15) is 0 Å². The van der Waals surface area contributed by atoms with E-state index in [-0.39, 0.29) is 11.9 Å². The van der Waals surface area contributed by atoms with Gasteiger partial charge in [-0.05, 0) is 43.2 Å². The fourth-order valence-electron chi connectivity index (χ4n) is 3.10. The molecule has 26 heavy (non-hydrogen) atoms. The second-order valence-corrected chi connectivity index (χ2v) is 6.19. The number of nitrogens with zero attached hydrogens (tertiary/aromatic N) is 4. The number of carbonyl (C=O) groups is 1. The van der Waals surface area contributed by atoms with E-state index in [4.69, 9.17) is 4.42 Å². The van der Waals surface area contributed by atoms with Crippen LogP contribution in [0, 0.1) is 0 Å². The number of anilines is 1. The van der Waals surface area contributed by atoms with Gasteiger partial charge in [-0.3, -0.25) is 9.78 Å². The molecule has 3 aromatic rings. The average Bonchev–Trinajstić information content (AvgIpc) is 3.23. The summed E-state index contributed by atoms with van der Waals surface area (Å²) in [5.41, 5.74) is 1.57. The molecule has 132 valence electrons. The van der Waals surface area contributed by atoms with Crippen molar-refractivity contribution >= 4 is 11.9 Å². The molecule has 0 radical (unpaired) electrons. The van der Waals surface area contributed by atoms with Crippen molar-refractivity contribution < 1.29 is 9.21 Å². The van der Waals surface area contributed by atoms with Gasteiger partial charge in [0.25, 0.3) is 5.91 Å². The molecule has 0 spiro atoms. The molecule has 7 heteroatoms. The summed E-state index contributed by atoms with van der Waals surface area (Å²) < 4.78 is 5.22. The number of piperidine rings is 1. The predicted molar refractivity (Wildman–Crippen MR) is 96.5 cm³/mol. The van der Waals surface area contributed by atoms with E-state index in [0.29, 0.717) is 18.3 Å². The molecule has 1 amide bonds. The average molecular weight is 349 g/mol. The molecule has 1 fully saturated rings. The van der Waals surface area contributed by atoms with Crippen molar-refractivity contribution in [1.29, 1.82) is 0 Å². The van der Waals surface area contributed by atoms with Crippen LogP contribution in [0.3, 0.4) is 0 Å². The Bertz CT molecular complexity index is 867. The molecule has 1 aliphatic rings. The van der Waals surface area contributed by atoms with Crippen LogP contribution in [0.2, 0.25) is 0 Å². The van der Waals surface area contributed by atoms with Gasteiger partial charge in [-0.1, -0.05) is 6.07 Å². The Morgan fingerprint density at radius 3 is 2.88 bits per heavy atom. The van der Waals surface area contributed by atoms with Crippen molar-refractivity contribution in [2.75, 3.05) is 18.4 Å². The number of carbonyl (C=O) groups excluding carboxylic acids is 1. The van der Waals surface area contributed by atoms with Crippen LogP contribution in [0.5, 0.6) is 0 Å². The van der Waals surface area contributed by atoms with E-state index in [1.165, 1.54) is 6.26 Å². The Kier molecular flexibility index (Phi) is 4.59. The fraction of sp³-hybridized carbons (Fsp3) is 0.263. The lowest BCUT2D eigenvalue weighted by molar-refractivity contribution is 0.0682. The first-order valence-electron chi connectivity index (χ1n) is 8.63. The zero-order chi connectivity index (χ0) is 17.8. The summed E-state index contributed by atoms with van der Waals surface area (Å²) in [6.07, 6.45) is 6.85. The van der Waals surface area contributed by atoms with Crippen LogP contribution in [-0.4, -0.2) is 44.9 Å². The normalized spacial score (nSPS) is 17.1. The molecule has 1 N–H and O–H groups in total. The molecule has 0 aromatic carbocycles. The topological polar surface area (TPSA) is 84.2 Å². The van der Waals surface area contributed by atoms with Gasteiger partial charge in [0.2, 0.25) is 5.95 Å². The van der Waals surface area contributed by atoms with Gasteiger partial charge in [0.15, 0.2) is 5.76 Å². The van der Waals surface area contributed by atoms with Crippen molar-refractivity contribution in [3.63, 3.8) is 0 Å². The molecule has 1 saturated heterocycles. The summed E-state index contributed by atoms with van der Waals surface area (Å²) in [6, 6.07) is 11.1. The van der Waals surface area contributed by atoms with E-state index >= 15 is 0 Å². The zero-order valence-corrected chi connectivity index (χ0v) is 14.2. The summed E-state index contributed by atoms with van der Waals surface area (Å²) in [5.74, 6) is 0.842. The third-order valence-electron chi connectivity index (χ3n) is 4.36. The van der Waals surface area contributed by atoms with Crippen LogP contribution < -0.4 is 5.32 Å². The maximum Gasteiger partial charge on any atom is 0.289 e. The van der Waals surface area contributed by atoms with E-state index in [1.807, 2.05) is 29.2 Å². The highest BCUT2D eigenvalue weighted by atomic mass is 16.3. The lowest BCUT2D eigenvalue weighted by atomic mass is 10.1. The first kappa shape index (κ1) is 16.3. The number of pyridine rings is 1. The highest BCUT2D eigenvalue weighted by molar-refractivity contribution is 5.91. The molecular formula is C19H19N5O2. The SMILES string of the molecule is O=C(c1ccco1)N1CCC[C@H](Nc2nccc(-c3ccccn3)n2)C1. The van der Waals surface area contributed by atoms with Crippen LogP contribution in [0.25, 0.3) is 11.4 Å². The summed E-state index contributed by atoms with van der Waals surface area (Å²) in [4.78, 5) is 27.4. The smallest absolute Gasteiger partial charge is 0.289 e. The minimum absolute atomic E-state index is 0.0790. The zero-order valence-electron chi connectivity index (χ0n) is 14.2. The van der Waals surface area contributed by atoms with E-state index in [1.54, 1.807) is 24.5 Å². The van der Waals surface area contributed by atoms with Crippen molar-refractivity contribution in [2.45, 2.75) is 18.9 Å². The van der Waals surface area contributed by atoms with Gasteiger partial charge < -0.3 is 14.6 Å². The third kappa shape index (κ3) is 3.56. The molecule has 3 aromatic heterocycles. The predicted octanol–water partition coefficient (Wildman–Crippen LogP) is 2.85. The monoisotopic (exact) mass is 349 g/mol. The van der Waals surface area contributed by atoms with E-state index < -0.39 is 0 Å². The molecule has 1 aliphatic heterocycles. The number of hydrogen-bond acceptors (Lipinski definition) is 6. The van der Waals surface area contributed by atoms with Gasteiger partial charge in [0.1, 0.15) is 0 Å². The first-order chi connectivity index (χ1) is 12.8. The number of aromatic nitrogens is 3. The molecular weight excluding hydrogens is 330 g/mol. The summed E-state index contributed by atoms with van der Waals surface area (Å²) in [5, 5.41) is 3.35. The lowest BCUT2D eigenvalue weighted by Gasteiger charge is -2.32. The van der Waals surface area contributed by atoms with Gasteiger partial charge >= 0.3 is 0 Å². The highest BCUT2D eigenvalue weighted by Crippen LogP contribution is 2.18. The maximum atomic E-state index is 12.5. The number of furan rings is 1. The maximum absolute atomic E-state index is 12.5. The second-order valence-electron chi connectivity index (χ2n) is 6.19. The first-order valence-corrected chi connectivity index (χ1v) is 8.63. The Morgan fingerprint density at radius 2 is 2.08 bits per heavy atom. The fourth-order valence-corrected chi connectivity index (χ4v) is 3.10. The molecule has 0 saturated carbocycles. The number of rotatable bonds is 4. The number of hydrogen-bond donors (Lipinski definition) is 1. The second kappa shape index (κ2) is 7.35. The van der Waals surface area contributed by atoms with Crippen molar-refractivity contribution in [1.82, 2.24) is 19.9 Å². The van der Waals surface area contributed by atoms with Gasteiger partial charge in [0, 0.05) is 31.5 Å². The van der Waals surface area contributed by atoms with Crippen LogP contribution in [0.4, 0.5) is 5.95 Å². The van der Waals surface area contributed by atoms with Gasteiger partial charge in [-0.25, -0.2) is 9.97 Å². The van der Waals surface area contributed by atoms with Crippen molar-refractivity contribution in [3.05, 3.63) is 60.8 Å².